The van der Waals surface area contributed by atoms with Gasteiger partial charge in [-0.3, -0.25) is 9.55 Å². The molecule has 0 aliphatic carbocycles. The fraction of sp³-hybridized carbons (Fsp3) is 0.114. The van der Waals surface area contributed by atoms with Crippen molar-refractivity contribution in [1.29, 1.82) is 0 Å². The number of aromatic nitrogens is 4. The van der Waals surface area contributed by atoms with Crippen LogP contribution in [0, 0.1) is 0 Å². The molecular formula is C35H26N4O2S. The number of hydrogen-bond donors (Lipinski definition) is 0. The van der Waals surface area contributed by atoms with Crippen molar-refractivity contribution in [3.05, 3.63) is 109 Å². The summed E-state index contributed by atoms with van der Waals surface area (Å²) in [5.41, 5.74) is 7.12. The second-order valence-corrected chi connectivity index (χ2v) is 13.7. The molecule has 0 atom stereocenters. The summed E-state index contributed by atoms with van der Waals surface area (Å²) < 4.78 is 29.5. The summed E-state index contributed by atoms with van der Waals surface area (Å²) in [6.07, 6.45) is 1.80. The number of fused-ring (bicyclic) bond motifs is 5. The molecule has 4 heterocycles. The summed E-state index contributed by atoms with van der Waals surface area (Å²) >= 11 is 0. The van der Waals surface area contributed by atoms with Gasteiger partial charge in [-0.25, -0.2) is 18.4 Å². The van der Waals surface area contributed by atoms with Gasteiger partial charge < -0.3 is 0 Å². The summed E-state index contributed by atoms with van der Waals surface area (Å²) in [5.74, 6) is 0.825. The monoisotopic (exact) mass is 566 g/mol. The molecule has 0 saturated carbocycles. The molecule has 4 aromatic carbocycles. The van der Waals surface area contributed by atoms with Gasteiger partial charge in [0.25, 0.3) is 0 Å². The highest BCUT2D eigenvalue weighted by Gasteiger charge is 2.36. The third-order valence-electron chi connectivity index (χ3n) is 8.05. The molecule has 3 aromatic heterocycles. The summed E-state index contributed by atoms with van der Waals surface area (Å²) in [6.45, 7) is 6.31. The van der Waals surface area contributed by atoms with Crippen LogP contribution >= 0.6 is 0 Å². The van der Waals surface area contributed by atoms with E-state index in [0.717, 1.165) is 50.0 Å². The molecule has 0 unspecified atom stereocenters. The molecule has 0 spiro atoms. The molecule has 204 valence electrons. The zero-order valence-electron chi connectivity index (χ0n) is 23.3. The lowest BCUT2D eigenvalue weighted by molar-refractivity contribution is 0.535. The zero-order chi connectivity index (χ0) is 28.8. The van der Waals surface area contributed by atoms with Gasteiger partial charge in [0.1, 0.15) is 5.82 Å². The highest BCUT2D eigenvalue weighted by molar-refractivity contribution is 7.92. The standard InChI is InChI=1S/C35H26N4O2S/c1-35(2,3)34-38-32-25(17-19-29-33(32)39(34)27-8-4-5-9-28(27)42(29,40)41)21-10-12-22(13-11-21)26-18-16-24-15-14-23-7-6-20-36-30(23)31(24)37-26/h4-20H,1-3H3. The molecule has 0 N–H and O–H groups in total. The highest BCUT2D eigenvalue weighted by atomic mass is 32.2. The Balaban J connectivity index is 1.30. The van der Waals surface area contributed by atoms with Crippen LogP contribution in [0.2, 0.25) is 0 Å². The molecule has 0 saturated heterocycles. The second-order valence-electron chi connectivity index (χ2n) is 11.8. The number of benzene rings is 4. The maximum Gasteiger partial charge on any atom is 0.210 e. The van der Waals surface area contributed by atoms with E-state index < -0.39 is 9.84 Å². The zero-order valence-corrected chi connectivity index (χ0v) is 24.1. The van der Waals surface area contributed by atoms with Crippen LogP contribution in [0.3, 0.4) is 0 Å². The van der Waals surface area contributed by atoms with E-state index in [1.165, 1.54) is 0 Å². The molecule has 1 aliphatic heterocycles. The fourth-order valence-corrected chi connectivity index (χ4v) is 7.65. The first-order chi connectivity index (χ1) is 20.2. The average Bonchev–Trinajstić information content (AvgIpc) is 3.42. The summed E-state index contributed by atoms with van der Waals surface area (Å²) in [7, 11) is -3.69. The fourth-order valence-electron chi connectivity index (χ4n) is 6.03. The molecule has 7 aromatic rings. The Bertz CT molecular complexity index is 2350. The van der Waals surface area contributed by atoms with Crippen molar-refractivity contribution in [3.63, 3.8) is 0 Å². The Labute approximate surface area is 243 Å². The molecule has 0 fully saturated rings. The lowest BCUT2D eigenvalue weighted by atomic mass is 9.95. The normalized spacial score (nSPS) is 14.0. The molecule has 7 heteroatoms. The van der Waals surface area contributed by atoms with Crippen LogP contribution in [-0.4, -0.2) is 27.9 Å². The minimum atomic E-state index is -3.69. The quantitative estimate of drug-likeness (QED) is 0.199. The second kappa shape index (κ2) is 8.57. The average molecular weight is 567 g/mol. The van der Waals surface area contributed by atoms with Crippen LogP contribution in [0.4, 0.5) is 0 Å². The van der Waals surface area contributed by atoms with Crippen LogP contribution in [0.1, 0.15) is 26.6 Å². The van der Waals surface area contributed by atoms with Crippen LogP contribution in [-0.2, 0) is 15.3 Å². The first kappa shape index (κ1) is 24.9. The Morgan fingerprint density at radius 2 is 1.36 bits per heavy atom. The van der Waals surface area contributed by atoms with Gasteiger partial charge in [-0.15, -0.1) is 0 Å². The van der Waals surface area contributed by atoms with Gasteiger partial charge in [-0.05, 0) is 35.9 Å². The summed E-state index contributed by atoms with van der Waals surface area (Å²) in [4.78, 5) is 15.3. The molecule has 42 heavy (non-hydrogen) atoms. The molecule has 0 amide bonds. The number of hydrogen-bond acceptors (Lipinski definition) is 5. The lowest BCUT2D eigenvalue weighted by Crippen LogP contribution is -2.22. The number of para-hydroxylation sites is 1. The van der Waals surface area contributed by atoms with Crippen LogP contribution in [0.5, 0.6) is 0 Å². The van der Waals surface area contributed by atoms with Gasteiger partial charge in [0, 0.05) is 33.5 Å². The Kier molecular flexibility index (Phi) is 5.07. The molecule has 6 nitrogen and oxygen atoms in total. The van der Waals surface area contributed by atoms with Gasteiger partial charge in [0.15, 0.2) is 0 Å². The van der Waals surface area contributed by atoms with Crippen molar-refractivity contribution in [2.45, 2.75) is 36.0 Å². The van der Waals surface area contributed by atoms with Gasteiger partial charge in [0.05, 0.1) is 43.2 Å². The minimum absolute atomic E-state index is 0.292. The van der Waals surface area contributed by atoms with E-state index in [1.54, 1.807) is 24.4 Å². The molecular weight excluding hydrogens is 540 g/mol. The van der Waals surface area contributed by atoms with E-state index in [2.05, 4.69) is 68.2 Å². The number of nitrogens with zero attached hydrogens (tertiary/aromatic N) is 4. The number of rotatable bonds is 2. The maximum absolute atomic E-state index is 13.7. The van der Waals surface area contributed by atoms with Crippen LogP contribution < -0.4 is 0 Å². The Morgan fingerprint density at radius 3 is 2.14 bits per heavy atom. The van der Waals surface area contributed by atoms with E-state index in [-0.39, 0.29) is 5.41 Å². The first-order valence-electron chi connectivity index (χ1n) is 13.9. The predicted octanol–water partition coefficient (Wildman–Crippen LogP) is 7.90. The van der Waals surface area contributed by atoms with Crippen molar-refractivity contribution in [2.75, 3.05) is 0 Å². The predicted molar refractivity (Wildman–Crippen MR) is 167 cm³/mol. The highest BCUT2D eigenvalue weighted by Crippen LogP contribution is 2.44. The van der Waals surface area contributed by atoms with Crippen molar-refractivity contribution < 1.29 is 8.42 Å². The lowest BCUT2D eigenvalue weighted by Gasteiger charge is -2.25. The Morgan fingerprint density at radius 1 is 0.643 bits per heavy atom. The maximum atomic E-state index is 13.7. The van der Waals surface area contributed by atoms with E-state index in [0.29, 0.717) is 26.5 Å². The van der Waals surface area contributed by atoms with Crippen LogP contribution in [0.15, 0.2) is 113 Å². The smallest absolute Gasteiger partial charge is 0.210 e. The molecule has 1 aliphatic rings. The third kappa shape index (κ3) is 3.50. The summed E-state index contributed by atoms with van der Waals surface area (Å²) in [5, 5.41) is 2.11. The van der Waals surface area contributed by atoms with Gasteiger partial charge in [0.2, 0.25) is 9.84 Å². The van der Waals surface area contributed by atoms with Gasteiger partial charge in [-0.1, -0.05) is 87.5 Å². The largest absolute Gasteiger partial charge is 0.293 e. The van der Waals surface area contributed by atoms with Crippen molar-refractivity contribution in [3.8, 4) is 28.1 Å². The van der Waals surface area contributed by atoms with E-state index in [1.807, 2.05) is 41.0 Å². The van der Waals surface area contributed by atoms with Crippen molar-refractivity contribution >= 4 is 42.7 Å². The first-order valence-corrected chi connectivity index (χ1v) is 15.4. The van der Waals surface area contributed by atoms with Gasteiger partial charge >= 0.3 is 0 Å². The third-order valence-corrected chi connectivity index (χ3v) is 9.88. The van der Waals surface area contributed by atoms with Crippen LogP contribution in [0.25, 0.3) is 60.9 Å². The molecule has 0 bridgehead atoms. The Hall–Kier alpha value is -4.88. The molecule has 8 rings (SSSR count). The number of imidazole rings is 1. The number of sulfone groups is 1. The van der Waals surface area contributed by atoms with E-state index >= 15 is 0 Å². The summed E-state index contributed by atoms with van der Waals surface area (Å²) in [6, 6.07) is 31.3. The van der Waals surface area contributed by atoms with Gasteiger partial charge in [-0.2, -0.15) is 0 Å². The number of pyridine rings is 2. The van der Waals surface area contributed by atoms with E-state index in [9.17, 15) is 8.42 Å². The van der Waals surface area contributed by atoms with Crippen molar-refractivity contribution in [2.24, 2.45) is 0 Å². The molecule has 0 radical (unpaired) electrons. The SMILES string of the molecule is CC(C)(C)c1nc2c(-c3ccc(-c4ccc5ccc6cccnc6c5n4)cc3)ccc3c2n1-c1ccccc1S3(=O)=O. The van der Waals surface area contributed by atoms with E-state index in [4.69, 9.17) is 9.97 Å². The minimum Gasteiger partial charge on any atom is -0.293 e. The topological polar surface area (TPSA) is 77.7 Å². The van der Waals surface area contributed by atoms with Crippen molar-refractivity contribution in [1.82, 2.24) is 19.5 Å².